The summed E-state index contributed by atoms with van der Waals surface area (Å²) in [7, 11) is 1.79. The van der Waals surface area contributed by atoms with Crippen LogP contribution in [-0.2, 0) is 23.1 Å². The average Bonchev–Trinajstić information content (AvgIpc) is 2.52. The quantitative estimate of drug-likeness (QED) is 0.635. The molecule has 1 aromatic heterocycles. The van der Waals surface area contributed by atoms with Crippen molar-refractivity contribution in [2.24, 2.45) is 7.05 Å². The zero-order chi connectivity index (χ0) is 13.9. The molecule has 0 aliphatic carbocycles. The second kappa shape index (κ2) is 5.63. The van der Waals surface area contributed by atoms with E-state index < -0.39 is 12.1 Å². The van der Waals surface area contributed by atoms with Gasteiger partial charge in [0, 0.05) is 18.3 Å². The van der Waals surface area contributed by atoms with Crippen LogP contribution in [0.15, 0.2) is 0 Å². The molecule has 0 aliphatic rings. The van der Waals surface area contributed by atoms with Crippen LogP contribution in [0.3, 0.4) is 0 Å². The molecule has 0 radical (unpaired) electrons. The number of aliphatic hydroxyl groups excluding tert-OH is 1. The maximum atomic E-state index is 11.6. The van der Waals surface area contributed by atoms with Crippen LogP contribution in [0.25, 0.3) is 0 Å². The van der Waals surface area contributed by atoms with Crippen molar-refractivity contribution < 1.29 is 19.8 Å². The van der Waals surface area contributed by atoms with Crippen molar-refractivity contribution in [3.63, 3.8) is 0 Å². The zero-order valence-electron chi connectivity index (χ0n) is 10.6. The number of hydrogen-bond acceptors (Lipinski definition) is 4. The van der Waals surface area contributed by atoms with Gasteiger partial charge in [0.1, 0.15) is 0 Å². The Hall–Kier alpha value is -1.89. The Morgan fingerprint density at radius 3 is 2.50 bits per heavy atom. The minimum absolute atomic E-state index is 0.123. The average molecular weight is 255 g/mol. The summed E-state index contributed by atoms with van der Waals surface area (Å²) >= 11 is 0. The van der Waals surface area contributed by atoms with Crippen molar-refractivity contribution in [1.82, 2.24) is 15.1 Å². The highest BCUT2D eigenvalue weighted by molar-refractivity contribution is 5.80. The first-order valence-electron chi connectivity index (χ1n) is 5.49. The number of rotatable bonds is 5. The number of carbonyl (C=O) groups excluding carboxylic acids is 1. The number of nitrogens with one attached hydrogen (secondary N) is 1. The van der Waals surface area contributed by atoms with E-state index >= 15 is 0 Å². The van der Waals surface area contributed by atoms with E-state index in [2.05, 4.69) is 10.4 Å². The second-order valence-electron chi connectivity index (χ2n) is 4.11. The predicted octanol–water partition coefficient (Wildman–Crippen LogP) is -0.859. The van der Waals surface area contributed by atoms with E-state index in [-0.39, 0.29) is 18.9 Å². The molecule has 7 heteroatoms. The highest BCUT2D eigenvalue weighted by Gasteiger charge is 2.16. The Morgan fingerprint density at radius 1 is 1.44 bits per heavy atom. The first kappa shape index (κ1) is 14.2. The van der Waals surface area contributed by atoms with E-state index in [0.29, 0.717) is 0 Å². The van der Waals surface area contributed by atoms with Gasteiger partial charge in [-0.15, -0.1) is 0 Å². The number of amides is 1. The van der Waals surface area contributed by atoms with Gasteiger partial charge >= 0.3 is 5.97 Å². The molecule has 1 aromatic rings. The normalized spacial score (nSPS) is 12.2. The van der Waals surface area contributed by atoms with E-state index in [1.165, 1.54) is 0 Å². The molecule has 7 nitrogen and oxygen atoms in total. The summed E-state index contributed by atoms with van der Waals surface area (Å²) in [6.45, 7) is 3.36. The largest absolute Gasteiger partial charge is 0.479 e. The summed E-state index contributed by atoms with van der Waals surface area (Å²) in [5.41, 5.74) is 2.48. The van der Waals surface area contributed by atoms with E-state index in [1.807, 2.05) is 13.8 Å². The van der Waals surface area contributed by atoms with Crippen LogP contribution in [0.4, 0.5) is 0 Å². The fourth-order valence-electron chi connectivity index (χ4n) is 1.59. The number of aliphatic hydroxyl groups is 1. The topological polar surface area (TPSA) is 104 Å². The number of aromatic nitrogens is 2. The molecule has 0 aromatic carbocycles. The molecule has 0 bridgehead atoms. The van der Waals surface area contributed by atoms with E-state index in [1.54, 1.807) is 11.7 Å². The molecule has 0 saturated heterocycles. The fraction of sp³-hybridized carbons (Fsp3) is 0.545. The van der Waals surface area contributed by atoms with Gasteiger partial charge in [-0.1, -0.05) is 0 Å². The van der Waals surface area contributed by atoms with Gasteiger partial charge in [-0.05, 0) is 13.8 Å². The molecule has 3 N–H and O–H groups in total. The van der Waals surface area contributed by atoms with Crippen molar-refractivity contribution in [2.45, 2.75) is 26.4 Å². The summed E-state index contributed by atoms with van der Waals surface area (Å²) in [6, 6.07) is 0. The van der Waals surface area contributed by atoms with Crippen molar-refractivity contribution in [2.75, 3.05) is 6.54 Å². The minimum Gasteiger partial charge on any atom is -0.479 e. The Balaban J connectivity index is 2.57. The molecule has 1 amide bonds. The van der Waals surface area contributed by atoms with Gasteiger partial charge in [0.25, 0.3) is 0 Å². The number of aliphatic carboxylic acids is 1. The maximum absolute atomic E-state index is 11.6. The molecule has 0 spiro atoms. The third kappa shape index (κ3) is 3.30. The van der Waals surface area contributed by atoms with Crippen molar-refractivity contribution in [1.29, 1.82) is 0 Å². The van der Waals surface area contributed by atoms with Crippen LogP contribution in [-0.4, -0.2) is 44.5 Å². The summed E-state index contributed by atoms with van der Waals surface area (Å²) in [5, 5.41) is 24.0. The number of carbonyl (C=O) groups is 2. The number of carboxylic acid groups (broad SMARTS) is 1. The highest BCUT2D eigenvalue weighted by atomic mass is 16.4. The van der Waals surface area contributed by atoms with Gasteiger partial charge in [0.15, 0.2) is 6.10 Å². The summed E-state index contributed by atoms with van der Waals surface area (Å²) < 4.78 is 1.68. The monoisotopic (exact) mass is 255 g/mol. The number of nitrogens with zero attached hydrogens (tertiary/aromatic N) is 2. The Kier molecular flexibility index (Phi) is 4.43. The van der Waals surface area contributed by atoms with Crippen LogP contribution >= 0.6 is 0 Å². The highest BCUT2D eigenvalue weighted by Crippen LogP contribution is 2.12. The predicted molar refractivity (Wildman–Crippen MR) is 63.0 cm³/mol. The molecule has 0 unspecified atom stereocenters. The molecular weight excluding hydrogens is 238 g/mol. The van der Waals surface area contributed by atoms with Gasteiger partial charge in [-0.2, -0.15) is 5.10 Å². The lowest BCUT2D eigenvalue weighted by Gasteiger charge is -2.08. The standard InChI is InChI=1S/C11H17N3O4/c1-6-8(7(2)14(3)13-6)4-10(16)12-5-9(15)11(17)18/h9,15H,4-5H2,1-3H3,(H,12,16)(H,17,18)/t9-/m0/s1. The Labute approximate surface area is 104 Å². The molecule has 0 aliphatic heterocycles. The zero-order valence-corrected chi connectivity index (χ0v) is 10.6. The maximum Gasteiger partial charge on any atom is 0.334 e. The van der Waals surface area contributed by atoms with Gasteiger partial charge in [-0.3, -0.25) is 9.48 Å². The molecule has 1 rings (SSSR count). The van der Waals surface area contributed by atoms with Gasteiger partial charge < -0.3 is 15.5 Å². The van der Waals surface area contributed by atoms with Crippen LogP contribution in [0.2, 0.25) is 0 Å². The lowest BCUT2D eigenvalue weighted by atomic mass is 10.1. The minimum atomic E-state index is -1.58. The molecule has 0 fully saturated rings. The first-order valence-corrected chi connectivity index (χ1v) is 5.49. The molecule has 1 atom stereocenters. The molecular formula is C11H17N3O4. The van der Waals surface area contributed by atoms with Crippen molar-refractivity contribution in [3.05, 3.63) is 17.0 Å². The lowest BCUT2D eigenvalue weighted by Crippen LogP contribution is -2.37. The van der Waals surface area contributed by atoms with Gasteiger partial charge in [0.2, 0.25) is 5.91 Å². The summed E-state index contributed by atoms with van der Waals surface area (Å²) in [4.78, 5) is 22.0. The van der Waals surface area contributed by atoms with Crippen molar-refractivity contribution >= 4 is 11.9 Å². The summed E-state index contributed by atoms with van der Waals surface area (Å²) in [6.07, 6.45) is -1.46. The van der Waals surface area contributed by atoms with Crippen LogP contribution < -0.4 is 5.32 Å². The molecule has 1 heterocycles. The third-order valence-electron chi connectivity index (χ3n) is 2.77. The van der Waals surface area contributed by atoms with Crippen LogP contribution in [0, 0.1) is 13.8 Å². The number of hydrogen-bond donors (Lipinski definition) is 3. The van der Waals surface area contributed by atoms with E-state index in [4.69, 9.17) is 10.2 Å². The van der Waals surface area contributed by atoms with E-state index in [9.17, 15) is 9.59 Å². The van der Waals surface area contributed by atoms with Gasteiger partial charge in [-0.25, -0.2) is 4.79 Å². The molecule has 100 valence electrons. The van der Waals surface area contributed by atoms with Gasteiger partial charge in [0.05, 0.1) is 18.7 Å². The smallest absolute Gasteiger partial charge is 0.334 e. The Morgan fingerprint density at radius 2 is 2.06 bits per heavy atom. The van der Waals surface area contributed by atoms with Crippen LogP contribution in [0.1, 0.15) is 17.0 Å². The molecule has 0 saturated carbocycles. The first-order chi connectivity index (χ1) is 8.32. The lowest BCUT2D eigenvalue weighted by molar-refractivity contribution is -0.146. The fourth-order valence-corrected chi connectivity index (χ4v) is 1.59. The van der Waals surface area contributed by atoms with Crippen LogP contribution in [0.5, 0.6) is 0 Å². The number of carboxylic acids is 1. The second-order valence-corrected chi connectivity index (χ2v) is 4.11. The summed E-state index contributed by atoms with van der Waals surface area (Å²) in [5.74, 6) is -1.70. The van der Waals surface area contributed by atoms with Crippen molar-refractivity contribution in [3.8, 4) is 0 Å². The Bertz CT molecular complexity index is 467. The number of aryl methyl sites for hydroxylation is 2. The molecule has 18 heavy (non-hydrogen) atoms. The van der Waals surface area contributed by atoms with E-state index in [0.717, 1.165) is 17.0 Å². The third-order valence-corrected chi connectivity index (χ3v) is 2.77. The SMILES string of the molecule is Cc1nn(C)c(C)c1CC(=O)NC[C@H](O)C(=O)O.